The van der Waals surface area contributed by atoms with Gasteiger partial charge in [0.1, 0.15) is 17.5 Å². The lowest BCUT2D eigenvalue weighted by Crippen LogP contribution is -2.05. The third-order valence-electron chi connectivity index (χ3n) is 2.54. The molecule has 0 saturated carbocycles. The predicted octanol–water partition coefficient (Wildman–Crippen LogP) is 3.30. The molecule has 2 aromatic rings. The van der Waals surface area contributed by atoms with Gasteiger partial charge in [-0.3, -0.25) is 0 Å². The van der Waals surface area contributed by atoms with Crippen molar-refractivity contribution >= 4 is 11.4 Å². The molecule has 0 saturated heterocycles. The maximum absolute atomic E-state index is 13.3. The number of hydrogen-bond donors (Lipinski definition) is 2. The van der Waals surface area contributed by atoms with Gasteiger partial charge in [0.05, 0.1) is 11.4 Å². The molecule has 0 heterocycles. The third kappa shape index (κ3) is 2.56. The summed E-state index contributed by atoms with van der Waals surface area (Å²) in [6.45, 7) is 0.0970. The van der Waals surface area contributed by atoms with Gasteiger partial charge in [0.15, 0.2) is 0 Å². The van der Waals surface area contributed by atoms with Gasteiger partial charge in [-0.1, -0.05) is 12.1 Å². The second-order valence-electron chi connectivity index (χ2n) is 3.79. The van der Waals surface area contributed by atoms with E-state index in [-0.39, 0.29) is 17.8 Å². The zero-order valence-corrected chi connectivity index (χ0v) is 9.38. The average molecular weight is 252 g/mol. The number of anilines is 2. The Morgan fingerprint density at radius 2 is 1.78 bits per heavy atom. The Balaban J connectivity index is 2.14. The van der Waals surface area contributed by atoms with Gasteiger partial charge in [0, 0.05) is 18.2 Å². The van der Waals surface area contributed by atoms with Crippen molar-refractivity contribution in [3.05, 3.63) is 59.4 Å². The maximum atomic E-state index is 13.3. The molecule has 0 amide bonds. The van der Waals surface area contributed by atoms with E-state index >= 15 is 0 Å². The highest BCUT2D eigenvalue weighted by Gasteiger charge is 2.06. The van der Waals surface area contributed by atoms with Gasteiger partial charge in [-0.15, -0.1) is 0 Å². The number of rotatable bonds is 3. The van der Waals surface area contributed by atoms with Crippen molar-refractivity contribution in [1.82, 2.24) is 0 Å². The van der Waals surface area contributed by atoms with Gasteiger partial charge < -0.3 is 11.1 Å². The summed E-state index contributed by atoms with van der Waals surface area (Å²) >= 11 is 0. The van der Waals surface area contributed by atoms with E-state index in [1.807, 2.05) is 0 Å². The van der Waals surface area contributed by atoms with Crippen LogP contribution in [-0.2, 0) is 6.54 Å². The molecular weight excluding hydrogens is 241 g/mol. The van der Waals surface area contributed by atoms with Crippen LogP contribution >= 0.6 is 0 Å². The lowest BCUT2D eigenvalue weighted by atomic mass is 10.2. The van der Waals surface area contributed by atoms with Crippen molar-refractivity contribution in [3.63, 3.8) is 0 Å². The second kappa shape index (κ2) is 5.00. The van der Waals surface area contributed by atoms with Gasteiger partial charge in [0.25, 0.3) is 0 Å². The predicted molar refractivity (Wildman–Crippen MR) is 64.5 cm³/mol. The highest BCUT2D eigenvalue weighted by atomic mass is 19.1. The molecule has 0 bridgehead atoms. The fourth-order valence-electron chi connectivity index (χ4n) is 1.55. The second-order valence-corrected chi connectivity index (χ2v) is 3.79. The molecule has 5 heteroatoms. The summed E-state index contributed by atoms with van der Waals surface area (Å²) in [7, 11) is 0. The first-order chi connectivity index (χ1) is 8.58. The lowest BCUT2D eigenvalue weighted by molar-refractivity contribution is 0.574. The highest BCUT2D eigenvalue weighted by molar-refractivity contribution is 5.66. The van der Waals surface area contributed by atoms with Gasteiger partial charge >= 0.3 is 0 Å². The Kier molecular flexibility index (Phi) is 3.41. The van der Waals surface area contributed by atoms with Crippen LogP contribution in [0.1, 0.15) is 5.56 Å². The first-order valence-corrected chi connectivity index (χ1v) is 5.29. The number of halogens is 3. The van der Waals surface area contributed by atoms with Gasteiger partial charge in [-0.2, -0.15) is 0 Å². The Bertz CT molecular complexity index is 570. The summed E-state index contributed by atoms with van der Waals surface area (Å²) in [5.41, 5.74) is 6.14. The molecule has 0 spiro atoms. The highest BCUT2D eigenvalue weighted by Crippen LogP contribution is 2.22. The average Bonchev–Trinajstić information content (AvgIpc) is 2.33. The molecule has 94 valence electrons. The summed E-state index contributed by atoms with van der Waals surface area (Å²) in [5, 5.41) is 2.80. The summed E-state index contributed by atoms with van der Waals surface area (Å²) < 4.78 is 39.2. The number of benzene rings is 2. The molecule has 0 atom stereocenters. The smallest absolute Gasteiger partial charge is 0.148 e. The molecule has 0 unspecified atom stereocenters. The van der Waals surface area contributed by atoms with E-state index < -0.39 is 17.5 Å². The number of nitrogens with one attached hydrogen (secondary N) is 1. The molecule has 2 nitrogen and oxygen atoms in total. The summed E-state index contributed by atoms with van der Waals surface area (Å²) in [6.07, 6.45) is 0. The normalized spacial score (nSPS) is 10.4. The SMILES string of the molecule is Nc1c(F)cccc1NCc1ccc(F)cc1F. The zero-order valence-electron chi connectivity index (χ0n) is 9.38. The van der Waals surface area contributed by atoms with E-state index in [1.54, 1.807) is 6.07 Å². The molecular formula is C13H11F3N2. The Morgan fingerprint density at radius 1 is 1.00 bits per heavy atom. The minimum Gasteiger partial charge on any atom is -0.395 e. The van der Waals surface area contributed by atoms with Crippen LogP contribution in [0.5, 0.6) is 0 Å². The topological polar surface area (TPSA) is 38.0 Å². The molecule has 0 radical (unpaired) electrons. The lowest BCUT2D eigenvalue weighted by Gasteiger charge is -2.10. The Hall–Kier alpha value is -2.17. The minimum absolute atomic E-state index is 0.0278. The molecule has 18 heavy (non-hydrogen) atoms. The van der Waals surface area contributed by atoms with E-state index in [0.717, 1.165) is 12.1 Å². The van der Waals surface area contributed by atoms with Gasteiger partial charge in [-0.05, 0) is 18.2 Å². The molecule has 0 aliphatic carbocycles. The standard InChI is InChI=1S/C13H11F3N2/c14-9-5-4-8(11(16)6-9)7-18-12-3-1-2-10(15)13(12)17/h1-6,18H,7,17H2. The van der Waals surface area contributed by atoms with E-state index in [0.29, 0.717) is 5.69 Å². The fourth-order valence-corrected chi connectivity index (χ4v) is 1.55. The van der Waals surface area contributed by atoms with E-state index in [1.165, 1.54) is 18.2 Å². The number of hydrogen-bond acceptors (Lipinski definition) is 2. The number of nitrogen functional groups attached to an aromatic ring is 1. The van der Waals surface area contributed by atoms with Crippen LogP contribution in [0.4, 0.5) is 24.5 Å². The van der Waals surface area contributed by atoms with E-state index in [9.17, 15) is 13.2 Å². The van der Waals surface area contributed by atoms with Gasteiger partial charge in [-0.25, -0.2) is 13.2 Å². The molecule has 2 rings (SSSR count). The molecule has 0 aliphatic rings. The maximum Gasteiger partial charge on any atom is 0.148 e. The number of para-hydroxylation sites is 1. The Morgan fingerprint density at radius 3 is 2.50 bits per heavy atom. The van der Waals surface area contributed by atoms with Crippen molar-refractivity contribution in [2.75, 3.05) is 11.1 Å². The van der Waals surface area contributed by atoms with Crippen molar-refractivity contribution in [3.8, 4) is 0 Å². The monoisotopic (exact) mass is 252 g/mol. The van der Waals surface area contributed by atoms with Crippen LogP contribution in [-0.4, -0.2) is 0 Å². The molecule has 0 aromatic heterocycles. The molecule has 3 N–H and O–H groups in total. The summed E-state index contributed by atoms with van der Waals surface area (Å²) in [4.78, 5) is 0. The summed E-state index contributed by atoms with van der Waals surface area (Å²) in [6, 6.07) is 7.60. The van der Waals surface area contributed by atoms with Crippen LogP contribution in [0.25, 0.3) is 0 Å². The third-order valence-corrected chi connectivity index (χ3v) is 2.54. The molecule has 0 aliphatic heterocycles. The zero-order chi connectivity index (χ0) is 13.1. The van der Waals surface area contributed by atoms with Crippen molar-refractivity contribution in [2.45, 2.75) is 6.54 Å². The first kappa shape index (κ1) is 12.3. The Labute approximate surface area is 102 Å². The molecule has 0 fully saturated rings. The first-order valence-electron chi connectivity index (χ1n) is 5.29. The van der Waals surface area contributed by atoms with Crippen molar-refractivity contribution in [1.29, 1.82) is 0 Å². The molecule has 2 aromatic carbocycles. The van der Waals surface area contributed by atoms with E-state index in [2.05, 4.69) is 5.32 Å². The van der Waals surface area contributed by atoms with Gasteiger partial charge in [0.2, 0.25) is 0 Å². The van der Waals surface area contributed by atoms with Crippen molar-refractivity contribution in [2.24, 2.45) is 0 Å². The van der Waals surface area contributed by atoms with Crippen molar-refractivity contribution < 1.29 is 13.2 Å². The van der Waals surface area contributed by atoms with Crippen LogP contribution in [0.3, 0.4) is 0 Å². The fraction of sp³-hybridized carbons (Fsp3) is 0.0769. The number of nitrogens with two attached hydrogens (primary N) is 1. The largest absolute Gasteiger partial charge is 0.395 e. The minimum atomic E-state index is -0.655. The van der Waals surface area contributed by atoms with E-state index in [4.69, 9.17) is 5.73 Å². The quantitative estimate of drug-likeness (QED) is 0.822. The summed E-state index contributed by atoms with van der Waals surface area (Å²) in [5.74, 6) is -1.83. The van der Waals surface area contributed by atoms with Crippen LogP contribution in [0, 0.1) is 17.5 Å². The van der Waals surface area contributed by atoms with Crippen LogP contribution in [0.2, 0.25) is 0 Å². The van der Waals surface area contributed by atoms with Crippen LogP contribution in [0.15, 0.2) is 36.4 Å². The van der Waals surface area contributed by atoms with Crippen LogP contribution < -0.4 is 11.1 Å².